The van der Waals surface area contributed by atoms with Gasteiger partial charge in [0.05, 0.1) is 23.1 Å². The van der Waals surface area contributed by atoms with Gasteiger partial charge in [-0.1, -0.05) is 30.3 Å². The van der Waals surface area contributed by atoms with Crippen molar-refractivity contribution in [2.24, 2.45) is 0 Å². The van der Waals surface area contributed by atoms with Gasteiger partial charge >= 0.3 is 0 Å². The standard InChI is InChI=1S/C22H21N5OS/c28-21(24-17-9-3-5-11-20(17)26-12-6-1-7-13-26)18-15-29-22(25-18)27-19-10-4-2-8-16(19)14-23-27/h2-5,8-11,14-15H,1,6-7,12-13H2,(H,24,28). The fourth-order valence-corrected chi connectivity index (χ4v) is 4.54. The van der Waals surface area contributed by atoms with Gasteiger partial charge < -0.3 is 10.2 Å². The van der Waals surface area contributed by atoms with Crippen LogP contribution in [0.3, 0.4) is 0 Å². The van der Waals surface area contributed by atoms with E-state index in [-0.39, 0.29) is 5.91 Å². The maximum absolute atomic E-state index is 12.9. The van der Waals surface area contributed by atoms with E-state index in [9.17, 15) is 4.79 Å². The maximum Gasteiger partial charge on any atom is 0.275 e. The van der Waals surface area contributed by atoms with Crippen molar-refractivity contribution in [1.29, 1.82) is 0 Å². The molecule has 1 aliphatic heterocycles. The van der Waals surface area contributed by atoms with Crippen LogP contribution in [0.1, 0.15) is 29.8 Å². The van der Waals surface area contributed by atoms with Gasteiger partial charge in [0.2, 0.25) is 5.13 Å². The minimum Gasteiger partial charge on any atom is -0.370 e. The van der Waals surface area contributed by atoms with Gasteiger partial charge in [-0.15, -0.1) is 11.3 Å². The van der Waals surface area contributed by atoms with Crippen LogP contribution in [0.5, 0.6) is 0 Å². The molecule has 146 valence electrons. The lowest BCUT2D eigenvalue weighted by molar-refractivity contribution is 0.102. The molecular weight excluding hydrogens is 382 g/mol. The summed E-state index contributed by atoms with van der Waals surface area (Å²) in [5.41, 5.74) is 3.29. The SMILES string of the molecule is O=C(Nc1ccccc1N1CCCCC1)c1csc(-n2ncc3ccccc32)n1. The second-order valence-corrected chi connectivity index (χ2v) is 7.99. The Kier molecular flexibility index (Phi) is 4.73. The summed E-state index contributed by atoms with van der Waals surface area (Å²) >= 11 is 1.41. The minimum absolute atomic E-state index is 0.201. The predicted molar refractivity (Wildman–Crippen MR) is 117 cm³/mol. The number of anilines is 2. The largest absolute Gasteiger partial charge is 0.370 e. The summed E-state index contributed by atoms with van der Waals surface area (Å²) < 4.78 is 1.78. The normalized spacial score (nSPS) is 14.3. The molecule has 7 heteroatoms. The Hall–Kier alpha value is -3.19. The molecule has 0 bridgehead atoms. The fraction of sp³-hybridized carbons (Fsp3) is 0.227. The van der Waals surface area contributed by atoms with E-state index in [1.807, 2.05) is 48.7 Å². The van der Waals surface area contributed by atoms with Crippen LogP contribution < -0.4 is 10.2 Å². The average Bonchev–Trinajstić information content (AvgIpc) is 3.42. The predicted octanol–water partition coefficient (Wildman–Crippen LogP) is 4.72. The minimum atomic E-state index is -0.201. The van der Waals surface area contributed by atoms with E-state index < -0.39 is 0 Å². The second kappa shape index (κ2) is 7.67. The molecule has 0 saturated carbocycles. The molecule has 1 saturated heterocycles. The summed E-state index contributed by atoms with van der Waals surface area (Å²) in [7, 11) is 0. The summed E-state index contributed by atoms with van der Waals surface area (Å²) in [5, 5.41) is 11.0. The van der Waals surface area contributed by atoms with Crippen LogP contribution in [-0.2, 0) is 0 Å². The summed E-state index contributed by atoms with van der Waals surface area (Å²) in [6.07, 6.45) is 5.46. The van der Waals surface area contributed by atoms with E-state index in [2.05, 4.69) is 26.4 Å². The lowest BCUT2D eigenvalue weighted by Gasteiger charge is -2.30. The third kappa shape index (κ3) is 3.49. The molecule has 0 atom stereocenters. The van der Waals surface area contributed by atoms with Crippen molar-refractivity contribution in [2.45, 2.75) is 19.3 Å². The quantitative estimate of drug-likeness (QED) is 0.535. The zero-order chi connectivity index (χ0) is 19.6. The third-order valence-corrected chi connectivity index (χ3v) is 6.05. The first-order chi connectivity index (χ1) is 14.3. The molecule has 0 spiro atoms. The molecule has 0 unspecified atom stereocenters. The molecule has 2 aromatic heterocycles. The fourth-order valence-electron chi connectivity index (χ4n) is 3.77. The Balaban J connectivity index is 1.39. The number of nitrogens with zero attached hydrogens (tertiary/aromatic N) is 4. The van der Waals surface area contributed by atoms with Crippen LogP contribution >= 0.6 is 11.3 Å². The van der Waals surface area contributed by atoms with Crippen LogP contribution in [0.4, 0.5) is 11.4 Å². The van der Waals surface area contributed by atoms with Gasteiger partial charge in [0, 0.05) is 23.9 Å². The molecule has 1 N–H and O–H groups in total. The molecule has 1 aliphatic rings. The van der Waals surface area contributed by atoms with E-state index in [1.54, 1.807) is 10.1 Å². The van der Waals surface area contributed by atoms with E-state index >= 15 is 0 Å². The average molecular weight is 404 g/mol. The van der Waals surface area contributed by atoms with Crippen molar-refractivity contribution in [3.05, 3.63) is 65.8 Å². The molecule has 5 rings (SSSR count). The summed E-state index contributed by atoms with van der Waals surface area (Å²) in [5.74, 6) is -0.201. The van der Waals surface area contributed by atoms with Gasteiger partial charge in [-0.05, 0) is 37.5 Å². The van der Waals surface area contributed by atoms with Gasteiger partial charge in [-0.2, -0.15) is 5.10 Å². The lowest BCUT2D eigenvalue weighted by Crippen LogP contribution is -2.30. The number of fused-ring (bicyclic) bond motifs is 1. The number of nitrogens with one attached hydrogen (secondary N) is 1. The zero-order valence-electron chi connectivity index (χ0n) is 15.9. The number of rotatable bonds is 4. The molecular formula is C22H21N5OS. The number of piperidine rings is 1. The molecule has 1 fully saturated rings. The molecule has 1 amide bonds. The van der Waals surface area contributed by atoms with Crippen LogP contribution in [0.2, 0.25) is 0 Å². The number of hydrogen-bond donors (Lipinski definition) is 1. The second-order valence-electron chi connectivity index (χ2n) is 7.15. The highest BCUT2D eigenvalue weighted by Gasteiger charge is 2.18. The smallest absolute Gasteiger partial charge is 0.275 e. The molecule has 0 radical (unpaired) electrons. The van der Waals surface area contributed by atoms with Crippen molar-refractivity contribution >= 4 is 39.5 Å². The van der Waals surface area contributed by atoms with Gasteiger partial charge in [-0.25, -0.2) is 9.67 Å². The number of benzene rings is 2. The van der Waals surface area contributed by atoms with Crippen LogP contribution in [0, 0.1) is 0 Å². The first-order valence-electron chi connectivity index (χ1n) is 9.83. The van der Waals surface area contributed by atoms with E-state index in [4.69, 9.17) is 0 Å². The molecule has 4 aromatic rings. The molecule has 6 nitrogen and oxygen atoms in total. The summed E-state index contributed by atoms with van der Waals surface area (Å²) in [6.45, 7) is 2.06. The Morgan fingerprint density at radius 3 is 2.69 bits per heavy atom. The molecule has 3 heterocycles. The maximum atomic E-state index is 12.9. The number of carbonyl (C=O) groups excluding carboxylic acids is 1. The van der Waals surface area contributed by atoms with Crippen LogP contribution in [0.25, 0.3) is 16.0 Å². The van der Waals surface area contributed by atoms with E-state index in [0.717, 1.165) is 35.4 Å². The van der Waals surface area contributed by atoms with Crippen LogP contribution in [-0.4, -0.2) is 33.8 Å². The number of carbonyl (C=O) groups is 1. The first kappa shape index (κ1) is 17.9. The Morgan fingerprint density at radius 1 is 1.00 bits per heavy atom. The van der Waals surface area contributed by atoms with E-state index in [0.29, 0.717) is 10.8 Å². The van der Waals surface area contributed by atoms with Crippen molar-refractivity contribution in [3.8, 4) is 5.13 Å². The lowest BCUT2D eigenvalue weighted by atomic mass is 10.1. The number of amides is 1. The van der Waals surface area contributed by atoms with Crippen molar-refractivity contribution < 1.29 is 4.79 Å². The number of hydrogen-bond acceptors (Lipinski definition) is 5. The van der Waals surface area contributed by atoms with Crippen molar-refractivity contribution in [2.75, 3.05) is 23.3 Å². The van der Waals surface area contributed by atoms with Gasteiger partial charge in [-0.3, -0.25) is 4.79 Å². The first-order valence-corrected chi connectivity index (χ1v) is 10.7. The molecule has 29 heavy (non-hydrogen) atoms. The van der Waals surface area contributed by atoms with Gasteiger partial charge in [0.15, 0.2) is 0 Å². The Bertz CT molecular complexity index is 1160. The van der Waals surface area contributed by atoms with E-state index in [1.165, 1.54) is 30.6 Å². The number of para-hydroxylation sites is 3. The zero-order valence-corrected chi connectivity index (χ0v) is 16.7. The number of thiazole rings is 1. The Labute approximate surface area is 172 Å². The van der Waals surface area contributed by atoms with Crippen LogP contribution in [0.15, 0.2) is 60.1 Å². The van der Waals surface area contributed by atoms with Crippen molar-refractivity contribution in [3.63, 3.8) is 0 Å². The van der Waals surface area contributed by atoms with Gasteiger partial charge in [0.25, 0.3) is 5.91 Å². The topological polar surface area (TPSA) is 63.1 Å². The summed E-state index contributed by atoms with van der Waals surface area (Å²) in [6, 6.07) is 16.0. The van der Waals surface area contributed by atoms with Gasteiger partial charge in [0.1, 0.15) is 5.69 Å². The number of aromatic nitrogens is 3. The van der Waals surface area contributed by atoms with Crippen molar-refractivity contribution in [1.82, 2.24) is 14.8 Å². The highest BCUT2D eigenvalue weighted by Crippen LogP contribution is 2.29. The molecule has 2 aromatic carbocycles. The highest BCUT2D eigenvalue weighted by atomic mass is 32.1. The summed E-state index contributed by atoms with van der Waals surface area (Å²) in [4.78, 5) is 19.8. The Morgan fingerprint density at radius 2 is 1.79 bits per heavy atom. The highest BCUT2D eigenvalue weighted by molar-refractivity contribution is 7.12. The third-order valence-electron chi connectivity index (χ3n) is 5.23. The molecule has 0 aliphatic carbocycles. The monoisotopic (exact) mass is 403 g/mol.